The number of methoxy groups -OCH3 is 1. The van der Waals surface area contributed by atoms with Gasteiger partial charge in [0.05, 0.1) is 13.2 Å². The summed E-state index contributed by atoms with van der Waals surface area (Å²) >= 11 is 0. The standard InChI is InChI=1S/C9H19NO3/c1-3-4-5-6-9(11)10-13-8-7-12-2/h3-8H2,1-2H3,(H,10,11). The number of ether oxygens (including phenoxy) is 1. The molecule has 1 amide bonds. The molecule has 0 spiro atoms. The van der Waals surface area contributed by atoms with Crippen LogP contribution in [0.5, 0.6) is 0 Å². The first kappa shape index (κ1) is 12.4. The third-order valence-electron chi connectivity index (χ3n) is 1.58. The second-order valence-corrected chi connectivity index (χ2v) is 2.82. The minimum absolute atomic E-state index is 0.0513. The minimum Gasteiger partial charge on any atom is -0.382 e. The van der Waals surface area contributed by atoms with Gasteiger partial charge in [0.1, 0.15) is 0 Å². The average Bonchev–Trinajstić information content (AvgIpc) is 2.13. The number of nitrogens with one attached hydrogen (secondary N) is 1. The Morgan fingerprint density at radius 3 is 2.69 bits per heavy atom. The van der Waals surface area contributed by atoms with Gasteiger partial charge >= 0.3 is 0 Å². The van der Waals surface area contributed by atoms with Crippen molar-refractivity contribution >= 4 is 5.91 Å². The molecule has 0 unspecified atom stereocenters. The molecule has 0 aliphatic heterocycles. The molecule has 13 heavy (non-hydrogen) atoms. The molecule has 0 atom stereocenters. The molecule has 0 aromatic rings. The van der Waals surface area contributed by atoms with E-state index in [1.807, 2.05) is 0 Å². The first-order valence-corrected chi connectivity index (χ1v) is 4.70. The molecule has 4 heteroatoms. The Hall–Kier alpha value is -0.610. The number of hydroxylamine groups is 1. The van der Waals surface area contributed by atoms with Gasteiger partial charge in [0.25, 0.3) is 0 Å². The fourth-order valence-electron chi connectivity index (χ4n) is 0.843. The van der Waals surface area contributed by atoms with E-state index < -0.39 is 0 Å². The largest absolute Gasteiger partial charge is 0.382 e. The lowest BCUT2D eigenvalue weighted by atomic mass is 10.2. The highest BCUT2D eigenvalue weighted by Gasteiger charge is 1.99. The van der Waals surface area contributed by atoms with Gasteiger partial charge in [-0.1, -0.05) is 19.8 Å². The van der Waals surface area contributed by atoms with Crippen LogP contribution in [0.4, 0.5) is 0 Å². The molecule has 0 saturated carbocycles. The maximum Gasteiger partial charge on any atom is 0.243 e. The highest BCUT2D eigenvalue weighted by Crippen LogP contribution is 1.97. The summed E-state index contributed by atoms with van der Waals surface area (Å²) in [5.74, 6) is -0.0513. The molecule has 0 aliphatic carbocycles. The summed E-state index contributed by atoms with van der Waals surface area (Å²) in [6.45, 7) is 3.00. The van der Waals surface area contributed by atoms with Crippen LogP contribution >= 0.6 is 0 Å². The topological polar surface area (TPSA) is 47.6 Å². The molecule has 0 aromatic carbocycles. The molecule has 0 fully saturated rings. The molecular weight excluding hydrogens is 170 g/mol. The second-order valence-electron chi connectivity index (χ2n) is 2.82. The van der Waals surface area contributed by atoms with Gasteiger partial charge in [-0.25, -0.2) is 5.48 Å². The lowest BCUT2D eigenvalue weighted by Crippen LogP contribution is -2.24. The number of rotatable bonds is 8. The van der Waals surface area contributed by atoms with Gasteiger partial charge in [-0.3, -0.25) is 9.63 Å². The molecule has 0 rings (SSSR count). The fourth-order valence-corrected chi connectivity index (χ4v) is 0.843. The van der Waals surface area contributed by atoms with E-state index in [0.29, 0.717) is 19.6 Å². The summed E-state index contributed by atoms with van der Waals surface area (Å²) in [4.78, 5) is 15.8. The Morgan fingerprint density at radius 1 is 1.31 bits per heavy atom. The van der Waals surface area contributed by atoms with Crippen LogP contribution in [0.1, 0.15) is 32.6 Å². The normalized spacial score (nSPS) is 10.0. The van der Waals surface area contributed by atoms with E-state index in [2.05, 4.69) is 12.4 Å². The van der Waals surface area contributed by atoms with Crippen LogP contribution in [0.3, 0.4) is 0 Å². The van der Waals surface area contributed by atoms with Crippen molar-refractivity contribution < 1.29 is 14.4 Å². The maximum absolute atomic E-state index is 11.0. The molecule has 0 radical (unpaired) electrons. The molecule has 0 aromatic heterocycles. The van der Waals surface area contributed by atoms with Gasteiger partial charge in [-0.2, -0.15) is 0 Å². The number of amides is 1. The molecule has 78 valence electrons. The maximum atomic E-state index is 11.0. The molecule has 0 bridgehead atoms. The van der Waals surface area contributed by atoms with Crippen molar-refractivity contribution in [2.45, 2.75) is 32.6 Å². The predicted octanol–water partition coefficient (Wildman–Crippen LogP) is 1.26. The highest BCUT2D eigenvalue weighted by atomic mass is 16.7. The van der Waals surface area contributed by atoms with E-state index >= 15 is 0 Å². The summed E-state index contributed by atoms with van der Waals surface area (Å²) in [6, 6.07) is 0. The third-order valence-corrected chi connectivity index (χ3v) is 1.58. The van der Waals surface area contributed by atoms with Crippen molar-refractivity contribution in [3.8, 4) is 0 Å². The van der Waals surface area contributed by atoms with Crippen LogP contribution in [-0.2, 0) is 14.4 Å². The smallest absolute Gasteiger partial charge is 0.243 e. The van der Waals surface area contributed by atoms with Crippen molar-refractivity contribution in [2.24, 2.45) is 0 Å². The zero-order chi connectivity index (χ0) is 9.94. The van der Waals surface area contributed by atoms with Gasteiger partial charge in [0, 0.05) is 13.5 Å². The number of carbonyl (C=O) groups is 1. The molecule has 4 nitrogen and oxygen atoms in total. The van der Waals surface area contributed by atoms with Crippen LogP contribution in [0.2, 0.25) is 0 Å². The lowest BCUT2D eigenvalue weighted by Gasteiger charge is -2.04. The van der Waals surface area contributed by atoms with Crippen molar-refractivity contribution in [1.82, 2.24) is 5.48 Å². The Balaban J connectivity index is 3.11. The number of hydrogen-bond acceptors (Lipinski definition) is 3. The van der Waals surface area contributed by atoms with Crippen LogP contribution < -0.4 is 5.48 Å². The lowest BCUT2D eigenvalue weighted by molar-refractivity contribution is -0.134. The summed E-state index contributed by atoms with van der Waals surface area (Å²) in [6.07, 6.45) is 3.68. The molecule has 1 N–H and O–H groups in total. The van der Waals surface area contributed by atoms with Crippen molar-refractivity contribution in [3.05, 3.63) is 0 Å². The SMILES string of the molecule is CCCCCC(=O)NOCCOC. The molecule has 0 aliphatic rings. The Kier molecular flexibility index (Phi) is 9.03. The summed E-state index contributed by atoms with van der Waals surface area (Å²) in [5, 5.41) is 0. The molecule has 0 heterocycles. The number of hydrogen-bond donors (Lipinski definition) is 1. The fraction of sp³-hybridized carbons (Fsp3) is 0.889. The number of carbonyl (C=O) groups excluding carboxylic acids is 1. The van der Waals surface area contributed by atoms with Crippen LogP contribution in [0.25, 0.3) is 0 Å². The van der Waals surface area contributed by atoms with E-state index in [0.717, 1.165) is 19.3 Å². The summed E-state index contributed by atoms with van der Waals surface area (Å²) in [5.41, 5.74) is 2.36. The first-order valence-electron chi connectivity index (χ1n) is 4.70. The third kappa shape index (κ3) is 9.30. The van der Waals surface area contributed by atoms with Gasteiger partial charge < -0.3 is 4.74 Å². The predicted molar refractivity (Wildman–Crippen MR) is 50.1 cm³/mol. The monoisotopic (exact) mass is 189 g/mol. The van der Waals surface area contributed by atoms with E-state index in [4.69, 9.17) is 9.57 Å². The first-order chi connectivity index (χ1) is 6.31. The van der Waals surface area contributed by atoms with Gasteiger partial charge in [0.15, 0.2) is 0 Å². The zero-order valence-corrected chi connectivity index (χ0v) is 8.47. The van der Waals surface area contributed by atoms with E-state index in [1.54, 1.807) is 7.11 Å². The Morgan fingerprint density at radius 2 is 2.08 bits per heavy atom. The average molecular weight is 189 g/mol. The van der Waals surface area contributed by atoms with Gasteiger partial charge in [-0.05, 0) is 6.42 Å². The zero-order valence-electron chi connectivity index (χ0n) is 8.47. The van der Waals surface area contributed by atoms with Gasteiger partial charge in [-0.15, -0.1) is 0 Å². The number of unbranched alkanes of at least 4 members (excludes halogenated alkanes) is 2. The van der Waals surface area contributed by atoms with E-state index in [-0.39, 0.29) is 5.91 Å². The van der Waals surface area contributed by atoms with Crippen molar-refractivity contribution in [3.63, 3.8) is 0 Å². The summed E-state index contributed by atoms with van der Waals surface area (Å²) < 4.78 is 4.75. The second kappa shape index (κ2) is 9.48. The quantitative estimate of drug-likeness (QED) is 0.462. The Labute approximate surface area is 79.6 Å². The molecular formula is C9H19NO3. The summed E-state index contributed by atoms with van der Waals surface area (Å²) in [7, 11) is 1.59. The minimum atomic E-state index is -0.0513. The van der Waals surface area contributed by atoms with Crippen LogP contribution in [0, 0.1) is 0 Å². The van der Waals surface area contributed by atoms with E-state index in [1.165, 1.54) is 0 Å². The van der Waals surface area contributed by atoms with Crippen molar-refractivity contribution in [1.29, 1.82) is 0 Å². The van der Waals surface area contributed by atoms with Crippen LogP contribution in [-0.4, -0.2) is 26.2 Å². The Bertz CT molecular complexity index is 128. The van der Waals surface area contributed by atoms with Crippen LogP contribution in [0.15, 0.2) is 0 Å². The highest BCUT2D eigenvalue weighted by molar-refractivity contribution is 5.74. The molecule has 0 saturated heterocycles. The van der Waals surface area contributed by atoms with Gasteiger partial charge in [0.2, 0.25) is 5.91 Å². The van der Waals surface area contributed by atoms with Crippen molar-refractivity contribution in [2.75, 3.05) is 20.3 Å². The van der Waals surface area contributed by atoms with E-state index in [9.17, 15) is 4.79 Å².